The van der Waals surface area contributed by atoms with Gasteiger partial charge in [-0.3, -0.25) is 4.90 Å². The average molecular weight is 264 g/mol. The predicted molar refractivity (Wildman–Crippen MR) is 78.2 cm³/mol. The summed E-state index contributed by atoms with van der Waals surface area (Å²) in [6.45, 7) is 4.48. The smallest absolute Gasteiger partial charge is 0.102 e. The van der Waals surface area contributed by atoms with E-state index in [2.05, 4.69) is 41.4 Å². The fraction of sp³-hybridized carbons (Fsp3) is 0.625. The molecule has 3 heteroatoms. The molecule has 1 aromatic rings. The third-order valence-electron chi connectivity index (χ3n) is 3.94. The van der Waals surface area contributed by atoms with Crippen molar-refractivity contribution in [2.45, 2.75) is 38.3 Å². The summed E-state index contributed by atoms with van der Waals surface area (Å²) in [5.74, 6) is 0. The van der Waals surface area contributed by atoms with Crippen molar-refractivity contribution in [3.8, 4) is 0 Å². The molecule has 19 heavy (non-hydrogen) atoms. The molecule has 1 saturated heterocycles. The topological polar surface area (TPSA) is 15.3 Å². The number of nitrogens with zero attached hydrogens (tertiary/aromatic N) is 1. The normalized spacial score (nSPS) is 24.5. The first-order valence-electron chi connectivity index (χ1n) is 7.40. The van der Waals surface area contributed by atoms with Crippen LogP contribution in [0.25, 0.3) is 0 Å². The summed E-state index contributed by atoms with van der Waals surface area (Å²) in [6, 6.07) is 11.5. The van der Waals surface area contributed by atoms with Crippen LogP contribution < -0.4 is 5.32 Å². The summed E-state index contributed by atoms with van der Waals surface area (Å²) in [4.78, 5) is 2.32. The van der Waals surface area contributed by atoms with Gasteiger partial charge in [-0.25, -0.2) is 4.39 Å². The molecule has 0 bridgehead atoms. The number of benzene rings is 1. The maximum atomic E-state index is 12.7. The molecule has 1 heterocycles. The van der Waals surface area contributed by atoms with E-state index < -0.39 is 0 Å². The van der Waals surface area contributed by atoms with Gasteiger partial charge in [-0.15, -0.1) is 0 Å². The standard InChI is InChI=1S/C16H25FN2/c1-2-6-15-13-19(10-9-17)16(12-18-15)11-14-7-4-3-5-8-14/h3-5,7-8,15-16,18H,2,6,9-13H2,1H3. The maximum Gasteiger partial charge on any atom is 0.102 e. The molecular formula is C16H25FN2. The highest BCUT2D eigenvalue weighted by Crippen LogP contribution is 2.15. The SMILES string of the molecule is CCCC1CN(CCF)C(Cc2ccccc2)CN1. The van der Waals surface area contributed by atoms with Gasteiger partial charge in [-0.2, -0.15) is 0 Å². The van der Waals surface area contributed by atoms with Crippen LogP contribution in [0.4, 0.5) is 4.39 Å². The third-order valence-corrected chi connectivity index (χ3v) is 3.94. The lowest BCUT2D eigenvalue weighted by molar-refractivity contribution is 0.117. The summed E-state index contributed by atoms with van der Waals surface area (Å²) >= 11 is 0. The molecule has 1 fully saturated rings. The van der Waals surface area contributed by atoms with Crippen molar-refractivity contribution >= 4 is 0 Å². The Kier molecular flexibility index (Phi) is 5.80. The van der Waals surface area contributed by atoms with Crippen LogP contribution in [0.1, 0.15) is 25.3 Å². The summed E-state index contributed by atoms with van der Waals surface area (Å²) in [6.07, 6.45) is 3.37. The van der Waals surface area contributed by atoms with Crippen molar-refractivity contribution in [1.82, 2.24) is 10.2 Å². The quantitative estimate of drug-likeness (QED) is 0.850. The van der Waals surface area contributed by atoms with Crippen LogP contribution in [-0.4, -0.2) is 43.3 Å². The minimum atomic E-state index is -0.246. The molecule has 0 aromatic heterocycles. The van der Waals surface area contributed by atoms with Crippen molar-refractivity contribution in [1.29, 1.82) is 0 Å². The van der Waals surface area contributed by atoms with Gasteiger partial charge in [0, 0.05) is 31.7 Å². The van der Waals surface area contributed by atoms with Crippen LogP contribution >= 0.6 is 0 Å². The number of piperazine rings is 1. The predicted octanol–water partition coefficient (Wildman–Crippen LogP) is 2.64. The van der Waals surface area contributed by atoms with E-state index in [1.54, 1.807) is 0 Å². The van der Waals surface area contributed by atoms with Gasteiger partial charge in [0.2, 0.25) is 0 Å². The van der Waals surface area contributed by atoms with Crippen molar-refractivity contribution in [2.24, 2.45) is 0 Å². The van der Waals surface area contributed by atoms with E-state index in [0.29, 0.717) is 18.6 Å². The molecular weight excluding hydrogens is 239 g/mol. The van der Waals surface area contributed by atoms with Gasteiger partial charge in [-0.05, 0) is 18.4 Å². The van der Waals surface area contributed by atoms with Crippen LogP contribution in [0.15, 0.2) is 30.3 Å². The van der Waals surface area contributed by atoms with Gasteiger partial charge in [0.05, 0.1) is 0 Å². The zero-order valence-electron chi connectivity index (χ0n) is 11.8. The number of rotatable bonds is 6. The maximum absolute atomic E-state index is 12.7. The van der Waals surface area contributed by atoms with E-state index in [-0.39, 0.29) is 6.67 Å². The number of alkyl halides is 1. The molecule has 106 valence electrons. The number of hydrogen-bond acceptors (Lipinski definition) is 2. The molecule has 1 aliphatic rings. The van der Waals surface area contributed by atoms with Crippen molar-refractivity contribution in [2.75, 3.05) is 26.3 Å². The van der Waals surface area contributed by atoms with Crippen LogP contribution in [-0.2, 0) is 6.42 Å². The second kappa shape index (κ2) is 7.61. The largest absolute Gasteiger partial charge is 0.311 e. The second-order valence-corrected chi connectivity index (χ2v) is 5.42. The van der Waals surface area contributed by atoms with Crippen LogP contribution in [0.3, 0.4) is 0 Å². The minimum absolute atomic E-state index is 0.246. The highest BCUT2D eigenvalue weighted by Gasteiger charge is 2.26. The Morgan fingerprint density at radius 2 is 2.11 bits per heavy atom. The molecule has 0 radical (unpaired) electrons. The Balaban J connectivity index is 1.95. The van der Waals surface area contributed by atoms with E-state index in [1.165, 1.54) is 18.4 Å². The molecule has 2 nitrogen and oxygen atoms in total. The van der Waals surface area contributed by atoms with Gasteiger partial charge >= 0.3 is 0 Å². The fourth-order valence-electron chi connectivity index (χ4n) is 2.94. The van der Waals surface area contributed by atoms with Crippen LogP contribution in [0.2, 0.25) is 0 Å². The highest BCUT2D eigenvalue weighted by molar-refractivity contribution is 5.16. The zero-order chi connectivity index (χ0) is 13.5. The van der Waals surface area contributed by atoms with Gasteiger partial charge in [0.15, 0.2) is 0 Å². The van der Waals surface area contributed by atoms with Gasteiger partial charge < -0.3 is 5.32 Å². The average Bonchev–Trinajstić information content (AvgIpc) is 2.43. The van der Waals surface area contributed by atoms with E-state index in [0.717, 1.165) is 19.5 Å². The molecule has 1 N–H and O–H groups in total. The lowest BCUT2D eigenvalue weighted by atomic mass is 9.99. The van der Waals surface area contributed by atoms with Gasteiger partial charge in [0.1, 0.15) is 6.67 Å². The fourth-order valence-corrected chi connectivity index (χ4v) is 2.94. The molecule has 1 aliphatic heterocycles. The summed E-state index contributed by atoms with van der Waals surface area (Å²) in [5, 5.41) is 3.61. The summed E-state index contributed by atoms with van der Waals surface area (Å²) in [5.41, 5.74) is 1.34. The first-order chi connectivity index (χ1) is 9.33. The molecule has 0 amide bonds. The van der Waals surface area contributed by atoms with Crippen molar-refractivity contribution in [3.63, 3.8) is 0 Å². The van der Waals surface area contributed by atoms with Gasteiger partial charge in [0.25, 0.3) is 0 Å². The minimum Gasteiger partial charge on any atom is -0.311 e. The second-order valence-electron chi connectivity index (χ2n) is 5.42. The Morgan fingerprint density at radius 3 is 2.79 bits per heavy atom. The number of hydrogen-bond donors (Lipinski definition) is 1. The molecule has 2 unspecified atom stereocenters. The van der Waals surface area contributed by atoms with Crippen molar-refractivity contribution < 1.29 is 4.39 Å². The third kappa shape index (κ3) is 4.29. The molecule has 2 atom stereocenters. The first-order valence-corrected chi connectivity index (χ1v) is 7.40. The molecule has 0 saturated carbocycles. The Labute approximate surface area is 116 Å². The molecule has 0 spiro atoms. The van der Waals surface area contributed by atoms with E-state index in [1.807, 2.05) is 6.07 Å². The summed E-state index contributed by atoms with van der Waals surface area (Å²) in [7, 11) is 0. The molecule has 1 aromatic carbocycles. The lowest BCUT2D eigenvalue weighted by Crippen LogP contribution is -2.57. The van der Waals surface area contributed by atoms with Crippen molar-refractivity contribution in [3.05, 3.63) is 35.9 Å². The first kappa shape index (κ1) is 14.5. The van der Waals surface area contributed by atoms with Gasteiger partial charge in [-0.1, -0.05) is 43.7 Å². The van der Waals surface area contributed by atoms with E-state index in [4.69, 9.17) is 0 Å². The Morgan fingerprint density at radius 1 is 1.32 bits per heavy atom. The highest BCUT2D eigenvalue weighted by atomic mass is 19.1. The van der Waals surface area contributed by atoms with E-state index >= 15 is 0 Å². The Bertz CT molecular complexity index is 355. The zero-order valence-corrected chi connectivity index (χ0v) is 11.8. The summed E-state index contributed by atoms with van der Waals surface area (Å²) < 4.78 is 12.7. The number of nitrogens with one attached hydrogen (secondary N) is 1. The Hall–Kier alpha value is -0.930. The monoisotopic (exact) mass is 264 g/mol. The molecule has 0 aliphatic carbocycles. The molecule has 2 rings (SSSR count). The van der Waals surface area contributed by atoms with E-state index in [9.17, 15) is 4.39 Å². The lowest BCUT2D eigenvalue weighted by Gasteiger charge is -2.40. The van der Waals surface area contributed by atoms with Crippen LogP contribution in [0.5, 0.6) is 0 Å². The van der Waals surface area contributed by atoms with Crippen LogP contribution in [0, 0.1) is 0 Å². The number of halogens is 1.